The summed E-state index contributed by atoms with van der Waals surface area (Å²) in [6.07, 6.45) is 1.61. The molecule has 2 amide bonds. The molecule has 1 aliphatic heterocycles. The number of carbonyl (C=O) groups excluding carboxylic acids is 4. The van der Waals surface area contributed by atoms with Crippen LogP contribution < -0.4 is 0 Å². The van der Waals surface area contributed by atoms with Crippen LogP contribution in [-0.4, -0.2) is 40.6 Å². The number of hydrogen-bond acceptors (Lipinski definition) is 5. The molecule has 0 saturated heterocycles. The minimum Gasteiger partial charge on any atom is -0.453 e. The number of fused-ring (bicyclic) bond motifs is 1. The van der Waals surface area contributed by atoms with E-state index in [2.05, 4.69) is 0 Å². The number of amides is 2. The van der Waals surface area contributed by atoms with Crippen LogP contribution in [0.5, 0.6) is 0 Å². The normalized spacial score (nSPS) is 21.3. The SMILES string of the molecule is CC(C(=O)OC1CCCCC1=O)N1C(=O)c2cc(Cl)c(Cl)cc2C1=O. The van der Waals surface area contributed by atoms with Crippen molar-refractivity contribution in [2.24, 2.45) is 0 Å². The molecule has 1 aromatic carbocycles. The Balaban J connectivity index is 1.79. The average Bonchev–Trinajstić information content (AvgIpc) is 2.80. The highest BCUT2D eigenvalue weighted by atomic mass is 35.5. The predicted octanol–water partition coefficient (Wildman–Crippen LogP) is 3.03. The van der Waals surface area contributed by atoms with Gasteiger partial charge in [-0.1, -0.05) is 23.2 Å². The summed E-state index contributed by atoms with van der Waals surface area (Å²) in [5.41, 5.74) is 0.181. The Morgan fingerprint density at radius 3 is 2.20 bits per heavy atom. The Kier molecular flexibility index (Phi) is 4.84. The molecule has 0 radical (unpaired) electrons. The monoisotopic (exact) mass is 383 g/mol. The second-order valence-corrected chi connectivity index (χ2v) is 6.92. The van der Waals surface area contributed by atoms with Gasteiger partial charge in [-0.25, -0.2) is 4.79 Å². The van der Waals surface area contributed by atoms with Crippen molar-refractivity contribution in [1.29, 1.82) is 0 Å². The molecule has 0 aromatic heterocycles. The van der Waals surface area contributed by atoms with E-state index in [0.717, 1.165) is 17.7 Å². The molecule has 2 unspecified atom stereocenters. The van der Waals surface area contributed by atoms with Crippen molar-refractivity contribution >= 4 is 46.8 Å². The molecule has 2 atom stereocenters. The van der Waals surface area contributed by atoms with Crippen molar-refractivity contribution in [2.75, 3.05) is 0 Å². The van der Waals surface area contributed by atoms with Crippen molar-refractivity contribution in [1.82, 2.24) is 4.90 Å². The summed E-state index contributed by atoms with van der Waals surface area (Å²) in [5.74, 6) is -2.20. The van der Waals surface area contributed by atoms with Gasteiger partial charge in [0.05, 0.1) is 21.2 Å². The first-order chi connectivity index (χ1) is 11.8. The number of ether oxygens (including phenoxy) is 1. The van der Waals surface area contributed by atoms with Gasteiger partial charge in [-0.05, 0) is 38.3 Å². The molecule has 1 heterocycles. The first-order valence-electron chi connectivity index (χ1n) is 7.91. The van der Waals surface area contributed by atoms with E-state index >= 15 is 0 Å². The quantitative estimate of drug-likeness (QED) is 0.591. The van der Waals surface area contributed by atoms with Crippen molar-refractivity contribution in [3.63, 3.8) is 0 Å². The number of hydrogen-bond donors (Lipinski definition) is 0. The molecular weight excluding hydrogens is 369 g/mol. The summed E-state index contributed by atoms with van der Waals surface area (Å²) in [6.45, 7) is 1.39. The molecule has 1 aromatic rings. The molecule has 1 saturated carbocycles. The number of nitrogens with zero attached hydrogens (tertiary/aromatic N) is 1. The number of halogens is 2. The summed E-state index contributed by atoms with van der Waals surface area (Å²) in [5, 5.41) is 0.290. The lowest BCUT2D eigenvalue weighted by molar-refractivity contribution is -0.159. The molecule has 2 aliphatic rings. The lowest BCUT2D eigenvalue weighted by atomic mass is 9.96. The van der Waals surface area contributed by atoms with E-state index < -0.39 is 29.9 Å². The van der Waals surface area contributed by atoms with Crippen LogP contribution in [0.4, 0.5) is 0 Å². The Bertz CT molecular complexity index is 750. The highest BCUT2D eigenvalue weighted by Gasteiger charge is 2.43. The van der Waals surface area contributed by atoms with E-state index in [1.54, 1.807) is 0 Å². The molecule has 25 heavy (non-hydrogen) atoms. The van der Waals surface area contributed by atoms with E-state index in [1.807, 2.05) is 0 Å². The summed E-state index contributed by atoms with van der Waals surface area (Å²) >= 11 is 11.8. The van der Waals surface area contributed by atoms with Gasteiger partial charge in [0.1, 0.15) is 6.04 Å². The average molecular weight is 384 g/mol. The highest BCUT2D eigenvalue weighted by molar-refractivity contribution is 6.43. The maximum atomic E-state index is 12.5. The lowest BCUT2D eigenvalue weighted by Gasteiger charge is -2.25. The topological polar surface area (TPSA) is 80.8 Å². The molecule has 3 rings (SSSR count). The minimum atomic E-state index is -1.15. The van der Waals surface area contributed by atoms with Gasteiger partial charge in [0.25, 0.3) is 11.8 Å². The van der Waals surface area contributed by atoms with Crippen LogP contribution >= 0.6 is 23.2 Å². The Hall–Kier alpha value is -1.92. The largest absolute Gasteiger partial charge is 0.453 e. The molecule has 0 spiro atoms. The number of rotatable bonds is 3. The van der Waals surface area contributed by atoms with Crippen molar-refractivity contribution in [3.8, 4) is 0 Å². The summed E-state index contributed by atoms with van der Waals surface area (Å²) < 4.78 is 5.23. The minimum absolute atomic E-state index is 0.0905. The van der Waals surface area contributed by atoms with Crippen molar-refractivity contribution in [2.45, 2.75) is 44.8 Å². The number of ketones is 1. The fraction of sp³-hybridized carbons (Fsp3) is 0.412. The Morgan fingerprint density at radius 2 is 1.68 bits per heavy atom. The third kappa shape index (κ3) is 3.16. The van der Waals surface area contributed by atoms with Crippen LogP contribution in [-0.2, 0) is 14.3 Å². The molecule has 6 nitrogen and oxygen atoms in total. The lowest BCUT2D eigenvalue weighted by Crippen LogP contribution is -2.45. The molecule has 1 aliphatic carbocycles. The van der Waals surface area contributed by atoms with Gasteiger partial charge in [0, 0.05) is 6.42 Å². The van der Waals surface area contributed by atoms with Gasteiger partial charge in [-0.15, -0.1) is 0 Å². The third-order valence-electron chi connectivity index (χ3n) is 4.44. The number of benzene rings is 1. The molecule has 1 fully saturated rings. The zero-order valence-corrected chi connectivity index (χ0v) is 14.9. The third-order valence-corrected chi connectivity index (χ3v) is 5.17. The predicted molar refractivity (Wildman–Crippen MR) is 89.8 cm³/mol. The van der Waals surface area contributed by atoms with Crippen LogP contribution in [0, 0.1) is 0 Å². The highest BCUT2D eigenvalue weighted by Crippen LogP contribution is 2.32. The van der Waals surface area contributed by atoms with E-state index in [-0.39, 0.29) is 27.0 Å². The van der Waals surface area contributed by atoms with Gasteiger partial charge in [0.15, 0.2) is 11.9 Å². The Labute approximate surface area is 154 Å². The second-order valence-electron chi connectivity index (χ2n) is 6.11. The van der Waals surface area contributed by atoms with Crippen LogP contribution in [0.15, 0.2) is 12.1 Å². The van der Waals surface area contributed by atoms with E-state index in [4.69, 9.17) is 27.9 Å². The molecule has 0 N–H and O–H groups in total. The van der Waals surface area contributed by atoms with Crippen LogP contribution in [0.1, 0.15) is 53.3 Å². The number of carbonyl (C=O) groups is 4. The zero-order valence-electron chi connectivity index (χ0n) is 13.4. The first kappa shape index (κ1) is 17.9. The van der Waals surface area contributed by atoms with Gasteiger partial charge >= 0.3 is 5.97 Å². The van der Waals surface area contributed by atoms with Gasteiger partial charge in [-0.3, -0.25) is 19.3 Å². The summed E-state index contributed by atoms with van der Waals surface area (Å²) in [7, 11) is 0. The van der Waals surface area contributed by atoms with E-state index in [9.17, 15) is 19.2 Å². The fourth-order valence-electron chi connectivity index (χ4n) is 3.02. The molecule has 132 valence electrons. The van der Waals surface area contributed by atoms with Crippen molar-refractivity contribution in [3.05, 3.63) is 33.3 Å². The molecule has 8 heteroatoms. The Morgan fingerprint density at radius 1 is 1.12 bits per heavy atom. The summed E-state index contributed by atoms with van der Waals surface area (Å²) in [4.78, 5) is 50.0. The first-order valence-corrected chi connectivity index (χ1v) is 8.67. The van der Waals surface area contributed by atoms with Crippen LogP contribution in [0.3, 0.4) is 0 Å². The number of esters is 1. The van der Waals surface area contributed by atoms with Crippen LogP contribution in [0.25, 0.3) is 0 Å². The van der Waals surface area contributed by atoms with E-state index in [0.29, 0.717) is 12.8 Å². The van der Waals surface area contributed by atoms with Crippen molar-refractivity contribution < 1.29 is 23.9 Å². The smallest absolute Gasteiger partial charge is 0.329 e. The number of Topliss-reactive ketones (excluding diaryl/α,β-unsaturated/α-hetero) is 1. The fourth-order valence-corrected chi connectivity index (χ4v) is 3.35. The molecular formula is C17H15Cl2NO5. The zero-order chi connectivity index (χ0) is 18.3. The van der Waals surface area contributed by atoms with Gasteiger partial charge in [-0.2, -0.15) is 0 Å². The standard InChI is InChI=1S/C17H15Cl2NO5/c1-8(17(24)25-14-5-3-2-4-13(14)21)20-15(22)9-6-11(18)12(19)7-10(9)16(20)23/h6-8,14H,2-5H2,1H3. The van der Waals surface area contributed by atoms with Gasteiger partial charge in [0.2, 0.25) is 0 Å². The van der Waals surface area contributed by atoms with Crippen LogP contribution in [0.2, 0.25) is 10.0 Å². The number of imide groups is 1. The maximum absolute atomic E-state index is 12.5. The van der Waals surface area contributed by atoms with E-state index in [1.165, 1.54) is 19.1 Å². The maximum Gasteiger partial charge on any atom is 0.329 e. The second kappa shape index (κ2) is 6.77. The summed E-state index contributed by atoms with van der Waals surface area (Å²) in [6, 6.07) is 1.46. The molecule has 0 bridgehead atoms. The van der Waals surface area contributed by atoms with Gasteiger partial charge < -0.3 is 4.74 Å².